The number of carbonyl (C=O) groups excluding carboxylic acids is 1. The lowest BCUT2D eigenvalue weighted by atomic mass is 10.1. The maximum absolute atomic E-state index is 11.7. The van der Waals surface area contributed by atoms with Gasteiger partial charge in [-0.1, -0.05) is 18.7 Å². The monoisotopic (exact) mass is 415 g/mol. The lowest BCUT2D eigenvalue weighted by Crippen LogP contribution is -2.10. The van der Waals surface area contributed by atoms with Gasteiger partial charge in [-0.25, -0.2) is 4.98 Å². The van der Waals surface area contributed by atoms with E-state index in [0.29, 0.717) is 30.1 Å². The second-order valence-electron chi connectivity index (χ2n) is 8.09. The Labute approximate surface area is 180 Å². The Morgan fingerprint density at radius 1 is 1.32 bits per heavy atom. The summed E-state index contributed by atoms with van der Waals surface area (Å²) in [5.41, 5.74) is 10.8. The summed E-state index contributed by atoms with van der Waals surface area (Å²) in [5, 5.41) is 14.2. The minimum Gasteiger partial charge on any atom is -0.370 e. The molecular weight excluding hydrogens is 390 g/mol. The van der Waals surface area contributed by atoms with Crippen LogP contribution in [0.2, 0.25) is 0 Å². The largest absolute Gasteiger partial charge is 0.370 e. The zero-order chi connectivity index (χ0) is 21.4. The van der Waals surface area contributed by atoms with Crippen LogP contribution in [0, 0.1) is 5.92 Å². The maximum Gasteiger partial charge on any atom is 0.228 e. The number of rotatable bonds is 7. The smallest absolute Gasteiger partial charge is 0.228 e. The normalized spacial score (nSPS) is 17.4. The predicted molar refractivity (Wildman–Crippen MR) is 122 cm³/mol. The molecule has 1 aromatic carbocycles. The molecule has 8 nitrogen and oxygen atoms in total. The highest BCUT2D eigenvalue weighted by Gasteiger charge is 2.22. The zero-order valence-electron chi connectivity index (χ0n) is 17.2. The highest BCUT2D eigenvalue weighted by molar-refractivity contribution is 5.89. The van der Waals surface area contributed by atoms with Gasteiger partial charge in [-0.15, -0.1) is 0 Å². The molecule has 3 heterocycles. The summed E-state index contributed by atoms with van der Waals surface area (Å²) in [4.78, 5) is 16.5. The van der Waals surface area contributed by atoms with E-state index in [9.17, 15) is 4.79 Å². The second-order valence-corrected chi connectivity index (χ2v) is 8.09. The summed E-state index contributed by atoms with van der Waals surface area (Å²) in [7, 11) is 0. The van der Waals surface area contributed by atoms with Crippen molar-refractivity contribution >= 4 is 35.0 Å². The van der Waals surface area contributed by atoms with Crippen LogP contribution in [0.3, 0.4) is 0 Å². The Balaban J connectivity index is 1.54. The Morgan fingerprint density at radius 2 is 2.19 bits per heavy atom. The quantitative estimate of drug-likeness (QED) is 0.472. The van der Waals surface area contributed by atoms with Crippen molar-refractivity contribution < 1.29 is 4.79 Å². The first-order chi connectivity index (χ1) is 15.1. The number of aromatic nitrogens is 3. The number of anilines is 3. The first kappa shape index (κ1) is 19.3. The number of nitrogens with two attached hydrogens (primary N) is 1. The average molecular weight is 416 g/mol. The van der Waals surface area contributed by atoms with Gasteiger partial charge in [-0.3, -0.25) is 4.79 Å². The van der Waals surface area contributed by atoms with E-state index in [4.69, 9.17) is 10.7 Å². The summed E-state index contributed by atoms with van der Waals surface area (Å²) in [6.45, 7) is 5.32. The predicted octanol–water partition coefficient (Wildman–Crippen LogP) is 3.17. The molecule has 1 amide bonds. The molecule has 1 saturated carbocycles. The lowest BCUT2D eigenvalue weighted by Gasteiger charge is -2.12. The lowest BCUT2D eigenvalue weighted by molar-refractivity contribution is -0.118. The molecule has 2 aliphatic rings. The molecule has 3 aromatic rings. The van der Waals surface area contributed by atoms with Crippen molar-refractivity contribution in [1.29, 1.82) is 0 Å². The van der Waals surface area contributed by atoms with Crippen LogP contribution in [-0.2, 0) is 11.3 Å². The number of amides is 1. The summed E-state index contributed by atoms with van der Waals surface area (Å²) >= 11 is 0. The van der Waals surface area contributed by atoms with Gasteiger partial charge >= 0.3 is 0 Å². The van der Waals surface area contributed by atoms with E-state index in [0.717, 1.165) is 40.7 Å². The van der Waals surface area contributed by atoms with Gasteiger partial charge in [0.2, 0.25) is 5.91 Å². The van der Waals surface area contributed by atoms with Gasteiger partial charge in [0, 0.05) is 36.1 Å². The van der Waals surface area contributed by atoms with Crippen LogP contribution in [0.4, 0.5) is 17.3 Å². The van der Waals surface area contributed by atoms with E-state index in [1.165, 1.54) is 12.8 Å². The number of nitrogens with zero attached hydrogens (tertiary/aromatic N) is 3. The van der Waals surface area contributed by atoms with Crippen LogP contribution in [0.15, 0.2) is 54.4 Å². The highest BCUT2D eigenvalue weighted by Crippen LogP contribution is 2.30. The Bertz CT molecular complexity index is 1210. The molecule has 5 N–H and O–H groups in total. The van der Waals surface area contributed by atoms with Crippen molar-refractivity contribution in [3.05, 3.63) is 65.5 Å². The van der Waals surface area contributed by atoms with E-state index >= 15 is 0 Å². The molecule has 158 valence electrons. The van der Waals surface area contributed by atoms with Gasteiger partial charge in [0.1, 0.15) is 11.6 Å². The van der Waals surface area contributed by atoms with Crippen molar-refractivity contribution in [3.63, 3.8) is 0 Å². The molecule has 1 saturated heterocycles. The second kappa shape index (κ2) is 7.88. The minimum atomic E-state index is -0.0467. The number of nitrogens with one attached hydrogen (secondary N) is 3. The van der Waals surface area contributed by atoms with E-state index in [-0.39, 0.29) is 5.91 Å². The van der Waals surface area contributed by atoms with Crippen LogP contribution in [0.25, 0.3) is 11.7 Å². The van der Waals surface area contributed by atoms with Crippen molar-refractivity contribution in [1.82, 2.24) is 19.9 Å². The Hall–Kier alpha value is -3.65. The third-order valence-corrected chi connectivity index (χ3v) is 5.56. The van der Waals surface area contributed by atoms with Crippen molar-refractivity contribution in [2.24, 2.45) is 11.7 Å². The van der Waals surface area contributed by atoms with Crippen molar-refractivity contribution in [3.8, 4) is 0 Å². The van der Waals surface area contributed by atoms with E-state index in [1.807, 2.05) is 40.9 Å². The number of carbonyl (C=O) groups is 1. The fraction of sp³-hybridized carbons (Fsp3) is 0.261. The van der Waals surface area contributed by atoms with Crippen LogP contribution in [-0.4, -0.2) is 27.0 Å². The molecule has 2 aromatic heterocycles. The molecule has 2 fully saturated rings. The van der Waals surface area contributed by atoms with E-state index in [2.05, 4.69) is 27.6 Å². The van der Waals surface area contributed by atoms with Crippen LogP contribution < -0.4 is 21.7 Å². The van der Waals surface area contributed by atoms with Crippen LogP contribution in [0.1, 0.15) is 30.4 Å². The average Bonchev–Trinajstić information content (AvgIpc) is 3.43. The molecule has 8 heteroatoms. The SMILES string of the molecule is C=C1NC(=O)C/C1=C\c1cnn2c(NCC3CC3)cc(Nc3cccc(CN)c3)nc12. The van der Waals surface area contributed by atoms with Crippen LogP contribution >= 0.6 is 0 Å². The summed E-state index contributed by atoms with van der Waals surface area (Å²) < 4.78 is 1.81. The Kier molecular flexibility index (Phi) is 4.91. The van der Waals surface area contributed by atoms with Crippen molar-refractivity contribution in [2.75, 3.05) is 17.2 Å². The third kappa shape index (κ3) is 4.15. The molecular formula is C23H25N7O. The number of benzene rings is 1. The van der Waals surface area contributed by atoms with E-state index < -0.39 is 0 Å². The third-order valence-electron chi connectivity index (χ3n) is 5.56. The molecule has 1 aliphatic heterocycles. The van der Waals surface area contributed by atoms with Gasteiger partial charge in [0.05, 0.1) is 12.6 Å². The fourth-order valence-corrected chi connectivity index (χ4v) is 3.66. The number of hydrogen-bond acceptors (Lipinski definition) is 6. The van der Waals surface area contributed by atoms with E-state index in [1.54, 1.807) is 6.20 Å². The first-order valence-corrected chi connectivity index (χ1v) is 10.5. The minimum absolute atomic E-state index is 0.0467. The number of hydrogen-bond donors (Lipinski definition) is 4. The Morgan fingerprint density at radius 3 is 2.94 bits per heavy atom. The molecule has 0 bridgehead atoms. The molecule has 5 rings (SSSR count). The first-order valence-electron chi connectivity index (χ1n) is 10.5. The standard InChI is InChI=1S/C23H25N7O/c1-14-17(9-22(31)27-14)8-18-13-26-30-21(25-12-15-5-6-15)10-20(29-23(18)30)28-19-4-2-3-16(7-19)11-24/h2-4,7-8,10,13,15,25H,1,5-6,9,11-12,24H2,(H,27,31)(H,28,29)/b17-8+. The van der Waals surface area contributed by atoms with Crippen LogP contribution in [0.5, 0.6) is 0 Å². The summed E-state index contributed by atoms with van der Waals surface area (Å²) in [6, 6.07) is 9.94. The molecule has 0 spiro atoms. The van der Waals surface area contributed by atoms with Gasteiger partial charge in [0.25, 0.3) is 0 Å². The summed E-state index contributed by atoms with van der Waals surface area (Å²) in [5.74, 6) is 2.25. The molecule has 0 radical (unpaired) electrons. The topological polar surface area (TPSA) is 109 Å². The zero-order valence-corrected chi connectivity index (χ0v) is 17.2. The van der Waals surface area contributed by atoms with Crippen molar-refractivity contribution in [2.45, 2.75) is 25.8 Å². The molecule has 1 aliphatic carbocycles. The molecule has 0 unspecified atom stereocenters. The van der Waals surface area contributed by atoms with Gasteiger partial charge in [0.15, 0.2) is 5.65 Å². The van der Waals surface area contributed by atoms with Gasteiger partial charge in [-0.2, -0.15) is 9.61 Å². The summed E-state index contributed by atoms with van der Waals surface area (Å²) in [6.07, 6.45) is 6.54. The highest BCUT2D eigenvalue weighted by atomic mass is 16.1. The fourth-order valence-electron chi connectivity index (χ4n) is 3.66. The van der Waals surface area contributed by atoms with Gasteiger partial charge < -0.3 is 21.7 Å². The maximum atomic E-state index is 11.7. The number of fused-ring (bicyclic) bond motifs is 1. The molecule has 31 heavy (non-hydrogen) atoms. The van der Waals surface area contributed by atoms with Gasteiger partial charge in [-0.05, 0) is 48.1 Å². The number of allylic oxidation sites excluding steroid dienone is 1. The molecule has 0 atom stereocenters.